The van der Waals surface area contributed by atoms with Crippen molar-refractivity contribution in [2.45, 2.75) is 78.1 Å². The fourth-order valence-electron chi connectivity index (χ4n) is 4.57. The van der Waals surface area contributed by atoms with Crippen LogP contribution in [0.4, 0.5) is 5.82 Å². The highest BCUT2D eigenvalue weighted by molar-refractivity contribution is 8.26. The Hall–Kier alpha value is -2.27. The van der Waals surface area contributed by atoms with Gasteiger partial charge in [0.1, 0.15) is 15.8 Å². The molecule has 0 bridgehead atoms. The van der Waals surface area contributed by atoms with Crippen LogP contribution in [0.2, 0.25) is 0 Å². The fourth-order valence-corrected chi connectivity index (χ4v) is 5.86. The van der Waals surface area contributed by atoms with E-state index in [1.54, 1.807) is 23.2 Å². The lowest BCUT2D eigenvalue weighted by atomic mass is 10.1. The molecule has 10 heteroatoms. The van der Waals surface area contributed by atoms with Crippen molar-refractivity contribution >= 4 is 51.7 Å². The van der Waals surface area contributed by atoms with Crippen LogP contribution < -0.4 is 10.9 Å². The number of aliphatic hydroxyl groups is 1. The Morgan fingerprint density at radius 2 is 1.77 bits per heavy atom. The largest absolute Gasteiger partial charge is 0.394 e. The van der Waals surface area contributed by atoms with E-state index in [0.29, 0.717) is 46.0 Å². The van der Waals surface area contributed by atoms with Crippen molar-refractivity contribution < 1.29 is 14.6 Å². The maximum Gasteiger partial charge on any atom is 0.267 e. The van der Waals surface area contributed by atoms with Crippen LogP contribution in [-0.2, 0) is 9.53 Å². The van der Waals surface area contributed by atoms with E-state index in [9.17, 15) is 9.59 Å². The molecule has 0 radical (unpaired) electrons. The summed E-state index contributed by atoms with van der Waals surface area (Å²) < 4.78 is 7.36. The van der Waals surface area contributed by atoms with E-state index >= 15 is 0 Å². The van der Waals surface area contributed by atoms with E-state index in [0.717, 1.165) is 18.4 Å². The first-order chi connectivity index (χ1) is 19.0. The van der Waals surface area contributed by atoms with Crippen molar-refractivity contribution in [1.29, 1.82) is 0 Å². The van der Waals surface area contributed by atoms with E-state index < -0.39 is 0 Å². The first-order valence-electron chi connectivity index (χ1n) is 14.2. The molecule has 1 amide bonds. The van der Waals surface area contributed by atoms with Crippen LogP contribution in [0.3, 0.4) is 0 Å². The van der Waals surface area contributed by atoms with Gasteiger partial charge in [-0.25, -0.2) is 4.98 Å². The topological polar surface area (TPSA) is 96.2 Å². The summed E-state index contributed by atoms with van der Waals surface area (Å²) in [4.78, 5) is 33.5. The number of nitrogens with one attached hydrogen (secondary N) is 1. The summed E-state index contributed by atoms with van der Waals surface area (Å²) in [6, 6.07) is 3.70. The number of rotatable bonds is 18. The van der Waals surface area contributed by atoms with E-state index in [2.05, 4.69) is 12.2 Å². The maximum absolute atomic E-state index is 13.5. The minimum Gasteiger partial charge on any atom is -0.394 e. The zero-order valence-electron chi connectivity index (χ0n) is 23.2. The fraction of sp³-hybridized carbons (Fsp3) is 0.586. The summed E-state index contributed by atoms with van der Waals surface area (Å²) in [5, 5.41) is 12.1. The highest BCUT2D eigenvalue weighted by atomic mass is 32.2. The summed E-state index contributed by atoms with van der Waals surface area (Å²) in [6.07, 6.45) is 15.6. The van der Waals surface area contributed by atoms with E-state index in [1.807, 2.05) is 13.0 Å². The van der Waals surface area contributed by atoms with Crippen molar-refractivity contribution in [2.24, 2.45) is 0 Å². The van der Waals surface area contributed by atoms with Crippen LogP contribution in [0, 0.1) is 6.92 Å². The molecule has 2 N–H and O–H groups in total. The molecule has 214 valence electrons. The molecule has 0 atom stereocenters. The molecule has 0 unspecified atom stereocenters. The van der Waals surface area contributed by atoms with Gasteiger partial charge in [-0.3, -0.25) is 18.9 Å². The second kappa shape index (κ2) is 16.7. The van der Waals surface area contributed by atoms with E-state index in [1.165, 1.54) is 67.5 Å². The molecular weight excluding hydrogens is 532 g/mol. The number of fused-ring (bicyclic) bond motifs is 1. The highest BCUT2D eigenvalue weighted by Gasteiger charge is 2.32. The molecule has 0 saturated carbocycles. The molecule has 0 aliphatic carbocycles. The average Bonchev–Trinajstić information content (AvgIpc) is 3.19. The van der Waals surface area contributed by atoms with Gasteiger partial charge in [0, 0.05) is 19.3 Å². The normalized spacial score (nSPS) is 14.7. The van der Waals surface area contributed by atoms with Crippen molar-refractivity contribution in [2.75, 3.05) is 38.2 Å². The third-order valence-corrected chi connectivity index (χ3v) is 8.12. The number of aliphatic hydroxyl groups excluding tert-OH is 1. The molecule has 1 aliphatic heterocycles. The standard InChI is InChI=1S/C29H42N4O4S2/c1-3-4-5-6-7-8-9-10-11-12-16-33-28(36)24(39-29(33)38)21-23-25(30-15-19-37-20-18-34)31-26-22(2)14-13-17-32(26)27(23)35/h13-14,17,21,30,34H,3-12,15-16,18-20H2,1-2H3. The molecule has 1 aliphatic rings. The van der Waals surface area contributed by atoms with Crippen molar-refractivity contribution in [1.82, 2.24) is 14.3 Å². The van der Waals surface area contributed by atoms with Gasteiger partial charge in [-0.2, -0.15) is 0 Å². The Balaban J connectivity index is 1.65. The number of thioether (sulfide) groups is 1. The van der Waals surface area contributed by atoms with Crippen molar-refractivity contribution in [3.63, 3.8) is 0 Å². The minimum absolute atomic E-state index is 0.0546. The molecule has 0 aromatic carbocycles. The summed E-state index contributed by atoms with van der Waals surface area (Å²) >= 11 is 6.76. The maximum atomic E-state index is 13.5. The number of carbonyl (C=O) groups is 1. The molecule has 3 rings (SSSR count). The second-order valence-corrected chi connectivity index (χ2v) is 11.5. The van der Waals surface area contributed by atoms with Gasteiger partial charge >= 0.3 is 0 Å². The Morgan fingerprint density at radius 1 is 1.08 bits per heavy atom. The Kier molecular flexibility index (Phi) is 13.4. The van der Waals surface area contributed by atoms with Gasteiger partial charge in [-0.15, -0.1) is 0 Å². The van der Waals surface area contributed by atoms with Gasteiger partial charge in [0.25, 0.3) is 11.5 Å². The number of unbranched alkanes of at least 4 members (excludes halogenated alkanes) is 9. The van der Waals surface area contributed by atoms with E-state index in [4.69, 9.17) is 27.0 Å². The van der Waals surface area contributed by atoms with Gasteiger partial charge in [0.05, 0.1) is 30.3 Å². The van der Waals surface area contributed by atoms with E-state index in [-0.39, 0.29) is 24.7 Å². The van der Waals surface area contributed by atoms with Crippen molar-refractivity contribution in [3.8, 4) is 0 Å². The average molecular weight is 575 g/mol. The Bertz CT molecular complexity index is 1200. The number of aryl methyl sites for hydroxylation is 1. The monoisotopic (exact) mass is 574 g/mol. The zero-order valence-corrected chi connectivity index (χ0v) is 24.9. The number of amides is 1. The van der Waals surface area contributed by atoms with Crippen LogP contribution in [0.5, 0.6) is 0 Å². The molecule has 2 aromatic heterocycles. The van der Waals surface area contributed by atoms with Crippen LogP contribution in [-0.4, -0.2) is 62.5 Å². The minimum atomic E-state index is -0.262. The number of aromatic nitrogens is 2. The molecule has 3 heterocycles. The Morgan fingerprint density at radius 3 is 2.46 bits per heavy atom. The zero-order chi connectivity index (χ0) is 28.0. The lowest BCUT2D eigenvalue weighted by Gasteiger charge is -2.14. The second-order valence-electron chi connectivity index (χ2n) is 9.84. The van der Waals surface area contributed by atoms with Gasteiger partial charge in [-0.05, 0) is 31.1 Å². The molecule has 2 aromatic rings. The third-order valence-electron chi connectivity index (χ3n) is 6.74. The SMILES string of the molecule is CCCCCCCCCCCCN1C(=O)C(=Cc2c(NCCOCCO)nc3c(C)cccn3c2=O)SC1=S. The number of carbonyl (C=O) groups excluding carboxylic acids is 1. The quantitative estimate of drug-likeness (QED) is 0.136. The number of hydrogen-bond acceptors (Lipinski definition) is 8. The molecule has 1 saturated heterocycles. The molecular formula is C29H42N4O4S2. The highest BCUT2D eigenvalue weighted by Crippen LogP contribution is 2.33. The summed E-state index contributed by atoms with van der Waals surface area (Å²) in [6.45, 7) is 5.66. The predicted molar refractivity (Wildman–Crippen MR) is 164 cm³/mol. The van der Waals surface area contributed by atoms with Crippen LogP contribution in [0.1, 0.15) is 82.3 Å². The number of nitrogens with zero attached hydrogens (tertiary/aromatic N) is 3. The lowest BCUT2D eigenvalue weighted by Crippen LogP contribution is -2.29. The summed E-state index contributed by atoms with van der Waals surface area (Å²) in [7, 11) is 0. The van der Waals surface area contributed by atoms with Gasteiger partial charge in [0.2, 0.25) is 0 Å². The van der Waals surface area contributed by atoms with Crippen LogP contribution in [0.15, 0.2) is 28.0 Å². The third kappa shape index (κ3) is 9.13. The van der Waals surface area contributed by atoms with Crippen LogP contribution in [0.25, 0.3) is 11.7 Å². The van der Waals surface area contributed by atoms with Gasteiger partial charge in [0.15, 0.2) is 0 Å². The van der Waals surface area contributed by atoms with Gasteiger partial charge < -0.3 is 15.2 Å². The number of thiocarbonyl (C=S) groups is 1. The first kappa shape index (κ1) is 31.3. The molecule has 39 heavy (non-hydrogen) atoms. The number of ether oxygens (including phenoxy) is 1. The molecule has 1 fully saturated rings. The number of hydrogen-bond donors (Lipinski definition) is 2. The Labute approximate surface area is 241 Å². The van der Waals surface area contributed by atoms with Crippen LogP contribution >= 0.6 is 24.0 Å². The predicted octanol–water partition coefficient (Wildman–Crippen LogP) is 5.55. The van der Waals surface area contributed by atoms with Crippen molar-refractivity contribution in [3.05, 3.63) is 44.7 Å². The lowest BCUT2D eigenvalue weighted by molar-refractivity contribution is -0.122. The number of anilines is 1. The molecule has 0 spiro atoms. The number of pyridine rings is 1. The van der Waals surface area contributed by atoms with Gasteiger partial charge in [-0.1, -0.05) is 94.8 Å². The summed E-state index contributed by atoms with van der Waals surface area (Å²) in [5.41, 5.74) is 1.46. The smallest absolute Gasteiger partial charge is 0.267 e. The first-order valence-corrected chi connectivity index (χ1v) is 15.4. The molecule has 8 nitrogen and oxygen atoms in total. The summed E-state index contributed by atoms with van der Waals surface area (Å²) in [5.74, 6) is 0.230.